The van der Waals surface area contributed by atoms with E-state index >= 15 is 0 Å². The minimum Gasteiger partial charge on any atom is -0.387 e. The fourth-order valence-corrected chi connectivity index (χ4v) is 3.15. The van der Waals surface area contributed by atoms with Crippen molar-refractivity contribution in [2.24, 2.45) is 0 Å². The molecule has 1 N–H and O–H groups in total. The van der Waals surface area contributed by atoms with E-state index < -0.39 is 15.8 Å². The van der Waals surface area contributed by atoms with Crippen LogP contribution in [-0.4, -0.2) is 80.5 Å². The molecule has 0 spiro atoms. The van der Waals surface area contributed by atoms with Crippen LogP contribution in [0.5, 0.6) is 0 Å². The van der Waals surface area contributed by atoms with Crippen molar-refractivity contribution in [3.05, 3.63) is 0 Å². The number of likely N-dealkylation sites (N-methyl/N-ethyl adjacent to an activating group) is 1. The average molecular weight is 251 g/mol. The number of aliphatic hydroxyl groups is 1. The molecule has 1 aliphatic rings. The molecule has 0 aromatic carbocycles. The number of rotatable bonds is 4. The summed E-state index contributed by atoms with van der Waals surface area (Å²) in [6.07, 6.45) is 0.484. The van der Waals surface area contributed by atoms with Gasteiger partial charge in [0.15, 0.2) is 0 Å². The summed E-state index contributed by atoms with van der Waals surface area (Å²) in [5, 5.41) is 10.2. The Labute approximate surface area is 97.6 Å². The van der Waals surface area contributed by atoms with E-state index in [1.165, 1.54) is 22.7 Å². The molecule has 16 heavy (non-hydrogen) atoms. The van der Waals surface area contributed by atoms with Crippen molar-refractivity contribution >= 4 is 10.2 Å². The van der Waals surface area contributed by atoms with Gasteiger partial charge in [0.05, 0.1) is 5.60 Å². The van der Waals surface area contributed by atoms with Crippen molar-refractivity contribution < 1.29 is 13.5 Å². The van der Waals surface area contributed by atoms with Gasteiger partial charge in [-0.3, -0.25) is 0 Å². The summed E-state index contributed by atoms with van der Waals surface area (Å²) in [4.78, 5) is 1.87. The average Bonchev–Trinajstić information content (AvgIpc) is 2.46. The Kier molecular flexibility index (Phi) is 3.96. The summed E-state index contributed by atoms with van der Waals surface area (Å²) in [5.41, 5.74) is -0.924. The monoisotopic (exact) mass is 251 g/mol. The Morgan fingerprint density at radius 3 is 2.31 bits per heavy atom. The Bertz CT molecular complexity index is 342. The maximum absolute atomic E-state index is 11.8. The molecule has 1 rings (SSSR count). The first-order valence-corrected chi connectivity index (χ1v) is 6.62. The first-order chi connectivity index (χ1) is 7.17. The molecular weight excluding hydrogens is 230 g/mol. The van der Waals surface area contributed by atoms with E-state index in [4.69, 9.17) is 0 Å². The quantitative estimate of drug-likeness (QED) is 0.681. The highest BCUT2D eigenvalue weighted by molar-refractivity contribution is 7.86. The Morgan fingerprint density at radius 1 is 1.31 bits per heavy atom. The largest absolute Gasteiger partial charge is 0.387 e. The molecule has 0 aliphatic carbocycles. The topological polar surface area (TPSA) is 64.1 Å². The third kappa shape index (κ3) is 2.92. The third-order valence-electron chi connectivity index (χ3n) is 2.70. The second kappa shape index (κ2) is 4.58. The van der Waals surface area contributed by atoms with Gasteiger partial charge < -0.3 is 10.0 Å². The molecule has 1 heterocycles. The van der Waals surface area contributed by atoms with Gasteiger partial charge in [-0.1, -0.05) is 0 Å². The number of hydrogen-bond acceptors (Lipinski definition) is 4. The molecule has 0 aromatic rings. The van der Waals surface area contributed by atoms with Crippen LogP contribution in [0.4, 0.5) is 0 Å². The summed E-state index contributed by atoms with van der Waals surface area (Å²) in [7, 11) is 3.33. The third-order valence-corrected chi connectivity index (χ3v) is 4.58. The van der Waals surface area contributed by atoms with Crippen LogP contribution in [0.1, 0.15) is 6.42 Å². The maximum Gasteiger partial charge on any atom is 0.281 e. The highest BCUT2D eigenvalue weighted by Crippen LogP contribution is 2.24. The molecule has 6 nitrogen and oxygen atoms in total. The summed E-state index contributed by atoms with van der Waals surface area (Å²) in [6, 6.07) is 0. The van der Waals surface area contributed by atoms with Crippen molar-refractivity contribution in [1.82, 2.24) is 13.5 Å². The van der Waals surface area contributed by atoms with E-state index in [0.29, 0.717) is 19.5 Å². The van der Waals surface area contributed by atoms with Crippen molar-refractivity contribution in [1.29, 1.82) is 0 Å². The van der Waals surface area contributed by atoms with E-state index in [1.54, 1.807) is 0 Å². The second-order valence-corrected chi connectivity index (χ2v) is 6.98. The zero-order valence-corrected chi connectivity index (χ0v) is 11.2. The van der Waals surface area contributed by atoms with Gasteiger partial charge in [-0.25, -0.2) is 0 Å². The molecule has 0 radical (unpaired) electrons. The van der Waals surface area contributed by atoms with E-state index in [-0.39, 0.29) is 6.54 Å². The van der Waals surface area contributed by atoms with Crippen LogP contribution in [0.25, 0.3) is 0 Å². The highest BCUT2D eigenvalue weighted by Gasteiger charge is 2.42. The van der Waals surface area contributed by atoms with Gasteiger partial charge in [0.2, 0.25) is 0 Å². The SMILES string of the molecule is CN(C)CC1(O)CCN(S(=O)(=O)N(C)C)C1. The molecule has 1 fully saturated rings. The number of nitrogens with zero attached hydrogens (tertiary/aromatic N) is 3. The second-order valence-electron chi connectivity index (χ2n) is 4.84. The molecule has 96 valence electrons. The predicted molar refractivity (Wildman–Crippen MR) is 62.3 cm³/mol. The van der Waals surface area contributed by atoms with E-state index in [0.717, 1.165) is 0 Å². The van der Waals surface area contributed by atoms with E-state index in [1.807, 2.05) is 19.0 Å². The van der Waals surface area contributed by atoms with Crippen LogP contribution in [-0.2, 0) is 10.2 Å². The molecular formula is C9H21N3O3S. The summed E-state index contributed by atoms with van der Waals surface area (Å²) in [5.74, 6) is 0. The smallest absolute Gasteiger partial charge is 0.281 e. The van der Waals surface area contributed by atoms with Crippen LogP contribution in [0, 0.1) is 0 Å². The van der Waals surface area contributed by atoms with Gasteiger partial charge in [0.1, 0.15) is 0 Å². The van der Waals surface area contributed by atoms with Gasteiger partial charge in [-0.2, -0.15) is 17.0 Å². The summed E-state index contributed by atoms with van der Waals surface area (Å²) < 4.78 is 26.2. The van der Waals surface area contributed by atoms with Gasteiger partial charge in [0, 0.05) is 33.7 Å². The van der Waals surface area contributed by atoms with Crippen LogP contribution in [0.2, 0.25) is 0 Å². The van der Waals surface area contributed by atoms with Gasteiger partial charge in [-0.05, 0) is 20.5 Å². The van der Waals surface area contributed by atoms with Crippen LogP contribution in [0.3, 0.4) is 0 Å². The predicted octanol–water partition coefficient (Wildman–Crippen LogP) is -1.21. The van der Waals surface area contributed by atoms with E-state index in [9.17, 15) is 13.5 Å². The lowest BCUT2D eigenvalue weighted by atomic mass is 10.0. The summed E-state index contributed by atoms with van der Waals surface area (Å²) >= 11 is 0. The molecule has 1 aliphatic heterocycles. The first-order valence-electron chi connectivity index (χ1n) is 5.22. The highest BCUT2D eigenvalue weighted by atomic mass is 32.2. The van der Waals surface area contributed by atoms with Gasteiger partial charge in [-0.15, -0.1) is 0 Å². The fourth-order valence-electron chi connectivity index (χ4n) is 1.96. The molecule has 0 amide bonds. The first kappa shape index (κ1) is 13.9. The lowest BCUT2D eigenvalue weighted by Gasteiger charge is -2.27. The van der Waals surface area contributed by atoms with Crippen LogP contribution >= 0.6 is 0 Å². The summed E-state index contributed by atoms with van der Waals surface area (Å²) in [6.45, 7) is 1.03. The Balaban J connectivity index is 2.73. The molecule has 7 heteroatoms. The fraction of sp³-hybridized carbons (Fsp3) is 1.00. The molecule has 1 unspecified atom stereocenters. The minimum absolute atomic E-state index is 0.172. The molecule has 1 saturated heterocycles. The van der Waals surface area contributed by atoms with Crippen LogP contribution < -0.4 is 0 Å². The maximum atomic E-state index is 11.8. The zero-order valence-electron chi connectivity index (χ0n) is 10.3. The zero-order chi connectivity index (χ0) is 12.6. The van der Waals surface area contributed by atoms with Gasteiger partial charge >= 0.3 is 0 Å². The number of β-amino-alcohol motifs (C(OH)–C–C–N with tert-alkyl or cyclic N) is 1. The minimum atomic E-state index is -3.40. The van der Waals surface area contributed by atoms with Crippen molar-refractivity contribution in [3.63, 3.8) is 0 Å². The lowest BCUT2D eigenvalue weighted by molar-refractivity contribution is 0.0300. The molecule has 0 bridgehead atoms. The Morgan fingerprint density at radius 2 is 1.88 bits per heavy atom. The lowest BCUT2D eigenvalue weighted by Crippen LogP contribution is -2.45. The van der Waals surface area contributed by atoms with Crippen LogP contribution in [0.15, 0.2) is 0 Å². The van der Waals surface area contributed by atoms with Crippen molar-refractivity contribution in [2.75, 3.05) is 47.8 Å². The normalized spacial score (nSPS) is 28.2. The molecule has 1 atom stereocenters. The molecule has 0 aromatic heterocycles. The van der Waals surface area contributed by atoms with E-state index in [2.05, 4.69) is 0 Å². The van der Waals surface area contributed by atoms with Crippen molar-refractivity contribution in [2.45, 2.75) is 12.0 Å². The molecule has 0 saturated carbocycles. The standard InChI is InChI=1S/C9H21N3O3S/c1-10(2)7-9(13)5-6-12(8-9)16(14,15)11(3)4/h13H,5-8H2,1-4H3. The van der Waals surface area contributed by atoms with Gasteiger partial charge in [0.25, 0.3) is 10.2 Å². The number of hydrogen-bond donors (Lipinski definition) is 1. The van der Waals surface area contributed by atoms with Crippen molar-refractivity contribution in [3.8, 4) is 0 Å². The Hall–Kier alpha value is -0.210.